The topological polar surface area (TPSA) is 46.9 Å². The summed E-state index contributed by atoms with van der Waals surface area (Å²) in [7, 11) is 0. The number of amides is 1. The number of thioether (sulfide) groups is 2. The number of hydrogen-bond donors (Lipinski definition) is 1. The molecule has 5 rings (SSSR count). The van der Waals surface area contributed by atoms with Crippen molar-refractivity contribution in [1.82, 2.24) is 9.78 Å². The van der Waals surface area contributed by atoms with Gasteiger partial charge in [0.25, 0.3) is 0 Å². The van der Waals surface area contributed by atoms with Gasteiger partial charge in [0.1, 0.15) is 5.82 Å². The Morgan fingerprint density at radius 1 is 1.14 bits per heavy atom. The van der Waals surface area contributed by atoms with Crippen molar-refractivity contribution in [1.29, 1.82) is 0 Å². The van der Waals surface area contributed by atoms with Gasteiger partial charge in [-0.15, -0.1) is 23.5 Å². The van der Waals surface area contributed by atoms with Gasteiger partial charge in [0.15, 0.2) is 0 Å². The zero-order chi connectivity index (χ0) is 19.8. The Labute approximate surface area is 189 Å². The molecule has 7 heteroatoms. The quantitative estimate of drug-likeness (QED) is 0.601. The maximum Gasteiger partial charge on any atom is 0.228 e. The van der Waals surface area contributed by atoms with E-state index in [0.717, 1.165) is 28.7 Å². The molecule has 1 aromatic carbocycles. The largest absolute Gasteiger partial charge is 0.311 e. The van der Waals surface area contributed by atoms with E-state index in [1.165, 1.54) is 30.8 Å². The van der Waals surface area contributed by atoms with Gasteiger partial charge in [-0.1, -0.05) is 34.5 Å². The fourth-order valence-electron chi connectivity index (χ4n) is 5.38. The number of carbonyl (C=O) groups excluding carboxylic acids is 1. The van der Waals surface area contributed by atoms with Crippen LogP contribution in [0.5, 0.6) is 0 Å². The SMILES string of the molecule is O=C(Nc1ccnn1Cc1ccc(Br)cc1)C1CC2CCCC(C1)C21SCCS1. The molecule has 2 atom stereocenters. The number of rotatable bonds is 4. The highest BCUT2D eigenvalue weighted by molar-refractivity contribution is 9.10. The van der Waals surface area contributed by atoms with E-state index in [-0.39, 0.29) is 11.8 Å². The maximum absolute atomic E-state index is 13.2. The molecule has 3 fully saturated rings. The molecule has 1 saturated heterocycles. The standard InChI is InChI=1S/C22H26BrN3OS2/c23-19-6-4-15(5-7-19)14-26-20(8-9-24-26)25-21(27)16-12-17-2-1-3-18(13-16)22(17)28-10-11-29-22/h4-9,16-18H,1-3,10-14H2,(H,25,27). The summed E-state index contributed by atoms with van der Waals surface area (Å²) < 4.78 is 3.36. The summed E-state index contributed by atoms with van der Waals surface area (Å²) in [4.78, 5) is 13.2. The van der Waals surface area contributed by atoms with E-state index >= 15 is 0 Å². The summed E-state index contributed by atoms with van der Waals surface area (Å²) in [6.45, 7) is 0.655. The molecule has 0 radical (unpaired) electrons. The minimum Gasteiger partial charge on any atom is -0.311 e. The third kappa shape index (κ3) is 3.90. The van der Waals surface area contributed by atoms with Crippen molar-refractivity contribution < 1.29 is 4.79 Å². The second kappa shape index (κ2) is 8.31. The molecular formula is C22H26BrN3OS2. The molecule has 1 aromatic heterocycles. The minimum absolute atomic E-state index is 0.133. The third-order valence-corrected chi connectivity index (χ3v) is 11.3. The summed E-state index contributed by atoms with van der Waals surface area (Å²) in [5.74, 6) is 5.06. The van der Waals surface area contributed by atoms with Crippen LogP contribution in [0.4, 0.5) is 5.82 Å². The summed E-state index contributed by atoms with van der Waals surface area (Å²) in [5, 5.41) is 7.63. The van der Waals surface area contributed by atoms with E-state index in [2.05, 4.69) is 62.0 Å². The van der Waals surface area contributed by atoms with Gasteiger partial charge in [0.2, 0.25) is 5.91 Å². The second-order valence-electron chi connectivity index (χ2n) is 8.40. The molecule has 2 unspecified atom stereocenters. The minimum atomic E-state index is 0.133. The van der Waals surface area contributed by atoms with Crippen molar-refractivity contribution in [3.8, 4) is 0 Å². The number of halogens is 1. The van der Waals surface area contributed by atoms with E-state index in [1.54, 1.807) is 6.20 Å². The van der Waals surface area contributed by atoms with Crippen LogP contribution in [0.3, 0.4) is 0 Å². The first kappa shape index (κ1) is 20.0. The highest BCUT2D eigenvalue weighted by atomic mass is 79.9. The summed E-state index contributed by atoms with van der Waals surface area (Å²) in [6, 6.07) is 10.1. The molecule has 3 aliphatic rings. The normalized spacial score (nSPS) is 27.8. The number of carbonyl (C=O) groups is 1. The number of nitrogens with one attached hydrogen (secondary N) is 1. The van der Waals surface area contributed by atoms with E-state index in [9.17, 15) is 4.79 Å². The van der Waals surface area contributed by atoms with Crippen LogP contribution >= 0.6 is 39.5 Å². The van der Waals surface area contributed by atoms with E-state index in [0.29, 0.717) is 22.5 Å². The molecule has 1 aliphatic heterocycles. The molecule has 1 N–H and O–H groups in total. The molecule has 2 aliphatic carbocycles. The number of aromatic nitrogens is 2. The van der Waals surface area contributed by atoms with Crippen LogP contribution in [0.25, 0.3) is 0 Å². The fourth-order valence-corrected chi connectivity index (χ4v) is 9.58. The lowest BCUT2D eigenvalue weighted by molar-refractivity contribution is -0.122. The first-order valence-corrected chi connectivity index (χ1v) is 13.3. The van der Waals surface area contributed by atoms with Crippen LogP contribution in [0.1, 0.15) is 37.7 Å². The van der Waals surface area contributed by atoms with Crippen LogP contribution in [0.15, 0.2) is 41.0 Å². The third-order valence-electron chi connectivity index (χ3n) is 6.70. The number of anilines is 1. The van der Waals surface area contributed by atoms with Crippen molar-refractivity contribution in [3.05, 3.63) is 46.6 Å². The van der Waals surface area contributed by atoms with E-state index < -0.39 is 0 Å². The Bertz CT molecular complexity index is 862. The van der Waals surface area contributed by atoms with Gasteiger partial charge in [-0.25, -0.2) is 4.68 Å². The van der Waals surface area contributed by atoms with Crippen molar-refractivity contribution >= 4 is 51.2 Å². The van der Waals surface area contributed by atoms with Crippen molar-refractivity contribution in [2.75, 3.05) is 16.8 Å². The number of nitrogens with zero attached hydrogens (tertiary/aromatic N) is 2. The maximum atomic E-state index is 13.2. The van der Waals surface area contributed by atoms with Gasteiger partial charge < -0.3 is 5.32 Å². The van der Waals surface area contributed by atoms with Crippen LogP contribution < -0.4 is 5.32 Å². The molecular weight excluding hydrogens is 466 g/mol. The van der Waals surface area contributed by atoms with Gasteiger partial charge in [0.05, 0.1) is 16.8 Å². The summed E-state index contributed by atoms with van der Waals surface area (Å²) >= 11 is 7.87. The summed E-state index contributed by atoms with van der Waals surface area (Å²) in [6.07, 6.45) is 7.79. The highest BCUT2D eigenvalue weighted by Gasteiger charge is 2.55. The summed E-state index contributed by atoms with van der Waals surface area (Å²) in [5.41, 5.74) is 1.16. The van der Waals surface area contributed by atoms with Crippen LogP contribution in [-0.4, -0.2) is 31.3 Å². The average molecular weight is 493 g/mol. The predicted molar refractivity (Wildman–Crippen MR) is 125 cm³/mol. The molecule has 4 nitrogen and oxygen atoms in total. The Morgan fingerprint density at radius 2 is 1.83 bits per heavy atom. The smallest absolute Gasteiger partial charge is 0.228 e. The fraction of sp³-hybridized carbons (Fsp3) is 0.545. The lowest BCUT2D eigenvalue weighted by Gasteiger charge is -2.52. The molecule has 2 bridgehead atoms. The molecule has 2 aromatic rings. The number of benzene rings is 1. The Morgan fingerprint density at radius 3 is 2.52 bits per heavy atom. The Balaban J connectivity index is 1.27. The molecule has 1 spiro atoms. The molecule has 154 valence electrons. The monoisotopic (exact) mass is 491 g/mol. The van der Waals surface area contributed by atoms with Crippen molar-refractivity contribution in [3.63, 3.8) is 0 Å². The zero-order valence-electron chi connectivity index (χ0n) is 16.4. The Kier molecular flexibility index (Phi) is 5.73. The van der Waals surface area contributed by atoms with Crippen LogP contribution in [0.2, 0.25) is 0 Å². The number of hydrogen-bond acceptors (Lipinski definition) is 4. The molecule has 1 amide bonds. The van der Waals surface area contributed by atoms with Gasteiger partial charge in [0, 0.05) is 28.0 Å². The Hall–Kier alpha value is -0.920. The second-order valence-corrected chi connectivity index (χ2v) is 12.3. The first-order valence-electron chi connectivity index (χ1n) is 10.5. The zero-order valence-corrected chi connectivity index (χ0v) is 19.6. The van der Waals surface area contributed by atoms with Crippen molar-refractivity contribution in [2.45, 2.75) is 42.7 Å². The predicted octanol–water partition coefficient (Wildman–Crippen LogP) is 5.64. The van der Waals surface area contributed by atoms with Gasteiger partial charge in [-0.05, 0) is 55.2 Å². The lowest BCUT2D eigenvalue weighted by Crippen LogP contribution is -2.48. The van der Waals surface area contributed by atoms with Gasteiger partial charge in [-0.2, -0.15) is 5.10 Å². The van der Waals surface area contributed by atoms with Crippen molar-refractivity contribution in [2.24, 2.45) is 17.8 Å². The highest BCUT2D eigenvalue weighted by Crippen LogP contribution is 2.64. The molecule has 2 saturated carbocycles. The van der Waals surface area contributed by atoms with Gasteiger partial charge in [-0.3, -0.25) is 4.79 Å². The van der Waals surface area contributed by atoms with Crippen LogP contribution in [0, 0.1) is 17.8 Å². The van der Waals surface area contributed by atoms with E-state index in [1.807, 2.05) is 22.9 Å². The van der Waals surface area contributed by atoms with E-state index in [4.69, 9.17) is 0 Å². The molecule has 29 heavy (non-hydrogen) atoms. The first-order chi connectivity index (χ1) is 14.1. The van der Waals surface area contributed by atoms with Crippen LogP contribution in [-0.2, 0) is 11.3 Å². The lowest BCUT2D eigenvalue weighted by atomic mass is 9.67. The average Bonchev–Trinajstić information content (AvgIpc) is 3.34. The molecule has 2 heterocycles. The van der Waals surface area contributed by atoms with Gasteiger partial charge >= 0.3 is 0 Å².